The minimum Gasteiger partial charge on any atom is -0.322 e. The van der Waals surface area contributed by atoms with Gasteiger partial charge in [0.1, 0.15) is 4.90 Å². The topological polar surface area (TPSA) is 75.3 Å². The molecule has 0 heterocycles. The first-order chi connectivity index (χ1) is 18.2. The van der Waals surface area contributed by atoms with E-state index in [1.165, 1.54) is 55.9 Å². The van der Waals surface area contributed by atoms with Gasteiger partial charge in [-0.15, -0.1) is 0 Å². The van der Waals surface area contributed by atoms with Gasteiger partial charge < -0.3 is 5.32 Å². The molecule has 4 aliphatic carbocycles. The normalized spacial score (nSPS) is 25.8. The predicted molar refractivity (Wildman–Crippen MR) is 152 cm³/mol. The first-order valence-electron chi connectivity index (χ1n) is 13.5. The van der Waals surface area contributed by atoms with E-state index < -0.39 is 10.0 Å². The van der Waals surface area contributed by atoms with Gasteiger partial charge in [0.25, 0.3) is 15.9 Å². The van der Waals surface area contributed by atoms with Crippen LogP contribution in [0.15, 0.2) is 65.6 Å². The van der Waals surface area contributed by atoms with Crippen molar-refractivity contribution in [1.82, 2.24) is 0 Å². The molecule has 0 spiro atoms. The summed E-state index contributed by atoms with van der Waals surface area (Å²) in [6, 6.07) is 18.0. The molecular formula is C31H33ClN2O3S. The van der Waals surface area contributed by atoms with Gasteiger partial charge in [-0.3, -0.25) is 9.52 Å². The molecule has 0 atom stereocenters. The number of halogens is 1. The monoisotopic (exact) mass is 548 g/mol. The van der Waals surface area contributed by atoms with E-state index >= 15 is 0 Å². The van der Waals surface area contributed by atoms with Gasteiger partial charge in [-0.2, -0.15) is 0 Å². The van der Waals surface area contributed by atoms with Gasteiger partial charge in [-0.25, -0.2) is 8.42 Å². The van der Waals surface area contributed by atoms with Crippen LogP contribution in [0.3, 0.4) is 0 Å². The number of hydrogen-bond acceptors (Lipinski definition) is 3. The molecule has 4 bridgehead atoms. The summed E-state index contributed by atoms with van der Waals surface area (Å²) in [5, 5.41) is 2.98. The van der Waals surface area contributed by atoms with Crippen molar-refractivity contribution in [1.29, 1.82) is 0 Å². The standard InChI is InChI=1S/C31H33ClN2O3S/c1-18-4-3-5-28(19(18)2)34-38(36,37)29-17-23(8-11-27(29)32)31(35)33-26-9-6-22(7-10-26)30-24-13-20-12-21(15-24)16-25(30)14-20/h3-11,17,20-21,24-25,30,34H,12-16H2,1-2H3,(H,33,35). The van der Waals surface area contributed by atoms with Crippen molar-refractivity contribution in [3.05, 3.63) is 87.9 Å². The number of sulfonamides is 1. The third-order valence-electron chi connectivity index (χ3n) is 9.11. The average molecular weight is 549 g/mol. The lowest BCUT2D eigenvalue weighted by Crippen LogP contribution is -2.43. The fraction of sp³-hybridized carbons (Fsp3) is 0.387. The van der Waals surface area contributed by atoms with Gasteiger partial charge in [-0.1, -0.05) is 35.9 Å². The first kappa shape index (κ1) is 25.4. The van der Waals surface area contributed by atoms with Crippen molar-refractivity contribution in [2.24, 2.45) is 23.7 Å². The van der Waals surface area contributed by atoms with E-state index in [-0.39, 0.29) is 21.4 Å². The smallest absolute Gasteiger partial charge is 0.263 e. The van der Waals surface area contributed by atoms with E-state index in [0.717, 1.165) is 34.8 Å². The molecule has 3 aromatic rings. The molecule has 38 heavy (non-hydrogen) atoms. The highest BCUT2D eigenvalue weighted by Crippen LogP contribution is 2.59. The van der Waals surface area contributed by atoms with Crippen LogP contribution in [0.5, 0.6) is 0 Å². The number of aryl methyl sites for hydroxylation is 1. The molecule has 0 radical (unpaired) electrons. The molecule has 2 N–H and O–H groups in total. The van der Waals surface area contributed by atoms with Crippen LogP contribution in [0.2, 0.25) is 5.02 Å². The molecule has 198 valence electrons. The van der Waals surface area contributed by atoms with Gasteiger partial charge in [-0.05, 0) is 129 Å². The molecule has 7 heteroatoms. The maximum absolute atomic E-state index is 13.2. The summed E-state index contributed by atoms with van der Waals surface area (Å²) in [6.45, 7) is 3.77. The second-order valence-electron chi connectivity index (χ2n) is 11.5. The third kappa shape index (κ3) is 4.73. The van der Waals surface area contributed by atoms with Crippen LogP contribution >= 0.6 is 11.6 Å². The lowest BCUT2D eigenvalue weighted by molar-refractivity contribution is -0.00277. The second-order valence-corrected chi connectivity index (χ2v) is 13.6. The first-order valence-corrected chi connectivity index (χ1v) is 15.3. The number of rotatable bonds is 6. The SMILES string of the molecule is Cc1cccc(NS(=O)(=O)c2cc(C(=O)Nc3ccc(C4C5CC6CC(C5)CC4C6)cc3)ccc2Cl)c1C. The zero-order chi connectivity index (χ0) is 26.6. The molecule has 3 aromatic carbocycles. The number of hydrogen-bond donors (Lipinski definition) is 2. The summed E-state index contributed by atoms with van der Waals surface area (Å²) >= 11 is 6.28. The number of amides is 1. The summed E-state index contributed by atoms with van der Waals surface area (Å²) in [4.78, 5) is 12.9. The van der Waals surface area contributed by atoms with Crippen LogP contribution in [0.1, 0.15) is 65.1 Å². The number of benzene rings is 3. The molecule has 0 unspecified atom stereocenters. The zero-order valence-electron chi connectivity index (χ0n) is 21.7. The molecule has 0 saturated heterocycles. The Labute approximate surface area is 230 Å². The molecule has 1 amide bonds. The maximum atomic E-state index is 13.2. The Kier molecular flexibility index (Phi) is 6.51. The van der Waals surface area contributed by atoms with Gasteiger partial charge in [0.2, 0.25) is 0 Å². The van der Waals surface area contributed by atoms with Gasteiger partial charge in [0, 0.05) is 11.3 Å². The highest BCUT2D eigenvalue weighted by atomic mass is 35.5. The minimum absolute atomic E-state index is 0.0550. The summed E-state index contributed by atoms with van der Waals surface area (Å²) in [5.74, 6) is 3.75. The number of carbonyl (C=O) groups is 1. The molecule has 4 saturated carbocycles. The van der Waals surface area contributed by atoms with E-state index in [1.54, 1.807) is 12.1 Å². The quantitative estimate of drug-likeness (QED) is 0.334. The Morgan fingerprint density at radius 2 is 1.53 bits per heavy atom. The highest BCUT2D eigenvalue weighted by molar-refractivity contribution is 7.92. The van der Waals surface area contributed by atoms with Gasteiger partial charge in [0.05, 0.1) is 10.7 Å². The van der Waals surface area contributed by atoms with Crippen LogP contribution in [0.4, 0.5) is 11.4 Å². The number of nitrogens with one attached hydrogen (secondary N) is 2. The molecule has 4 fully saturated rings. The summed E-state index contributed by atoms with van der Waals surface area (Å²) in [7, 11) is -4.00. The minimum atomic E-state index is -4.00. The van der Waals surface area contributed by atoms with E-state index in [0.29, 0.717) is 17.3 Å². The predicted octanol–water partition coefficient (Wildman–Crippen LogP) is 7.55. The molecule has 7 rings (SSSR count). The lowest BCUT2D eigenvalue weighted by Gasteiger charge is -2.54. The van der Waals surface area contributed by atoms with Crippen LogP contribution in [0.25, 0.3) is 0 Å². The molecule has 0 aliphatic heterocycles. The van der Waals surface area contributed by atoms with E-state index in [9.17, 15) is 13.2 Å². The molecular weight excluding hydrogens is 516 g/mol. The number of anilines is 2. The maximum Gasteiger partial charge on any atom is 0.263 e. The average Bonchev–Trinajstić information content (AvgIpc) is 2.87. The largest absolute Gasteiger partial charge is 0.322 e. The van der Waals surface area contributed by atoms with Crippen molar-refractivity contribution >= 4 is 38.9 Å². The van der Waals surface area contributed by atoms with Crippen molar-refractivity contribution < 1.29 is 13.2 Å². The fourth-order valence-electron chi connectivity index (χ4n) is 7.37. The van der Waals surface area contributed by atoms with Crippen LogP contribution in [-0.4, -0.2) is 14.3 Å². The summed E-state index contributed by atoms with van der Waals surface area (Å²) < 4.78 is 29.0. The van der Waals surface area contributed by atoms with Crippen molar-refractivity contribution in [3.63, 3.8) is 0 Å². The van der Waals surface area contributed by atoms with Gasteiger partial charge >= 0.3 is 0 Å². The molecule has 0 aromatic heterocycles. The van der Waals surface area contributed by atoms with Crippen molar-refractivity contribution in [2.45, 2.75) is 56.8 Å². The van der Waals surface area contributed by atoms with E-state index in [2.05, 4.69) is 22.2 Å². The fourth-order valence-corrected chi connectivity index (χ4v) is 9.02. The molecule has 5 nitrogen and oxygen atoms in total. The summed E-state index contributed by atoms with van der Waals surface area (Å²) in [6.07, 6.45) is 6.93. The Morgan fingerprint density at radius 3 is 2.18 bits per heavy atom. The van der Waals surface area contributed by atoms with Crippen LogP contribution < -0.4 is 10.0 Å². The zero-order valence-corrected chi connectivity index (χ0v) is 23.3. The Morgan fingerprint density at radius 1 is 0.868 bits per heavy atom. The third-order valence-corrected chi connectivity index (χ3v) is 11.0. The Hall–Kier alpha value is -2.83. The molecule has 4 aliphatic rings. The highest BCUT2D eigenvalue weighted by Gasteiger charge is 2.48. The number of carbonyl (C=O) groups excluding carboxylic acids is 1. The van der Waals surface area contributed by atoms with Crippen LogP contribution in [-0.2, 0) is 10.0 Å². The van der Waals surface area contributed by atoms with E-state index in [4.69, 9.17) is 11.6 Å². The Balaban J connectivity index is 1.18. The van der Waals surface area contributed by atoms with Gasteiger partial charge in [0.15, 0.2) is 0 Å². The lowest BCUT2D eigenvalue weighted by atomic mass is 9.51. The summed E-state index contributed by atoms with van der Waals surface area (Å²) in [5.41, 5.74) is 4.58. The van der Waals surface area contributed by atoms with E-state index in [1.807, 2.05) is 32.0 Å². The van der Waals surface area contributed by atoms with Crippen molar-refractivity contribution in [2.75, 3.05) is 10.0 Å². The Bertz CT molecular complexity index is 1470. The van der Waals surface area contributed by atoms with Crippen LogP contribution in [0, 0.1) is 37.5 Å². The second kappa shape index (κ2) is 9.73. The van der Waals surface area contributed by atoms with Crippen molar-refractivity contribution in [3.8, 4) is 0 Å².